The van der Waals surface area contributed by atoms with Gasteiger partial charge in [0.2, 0.25) is 15.9 Å². The summed E-state index contributed by atoms with van der Waals surface area (Å²) < 4.78 is 31.8. The number of rotatable bonds is 8. The summed E-state index contributed by atoms with van der Waals surface area (Å²) in [7, 11) is -3.55. The molecule has 2 N–H and O–H groups in total. The van der Waals surface area contributed by atoms with E-state index in [1.54, 1.807) is 30.3 Å². The van der Waals surface area contributed by atoms with Gasteiger partial charge in [-0.25, -0.2) is 13.2 Å². The number of benzene rings is 2. The zero-order valence-corrected chi connectivity index (χ0v) is 20.3. The van der Waals surface area contributed by atoms with Crippen molar-refractivity contribution < 1.29 is 22.7 Å². The maximum atomic E-state index is 12.7. The smallest absolute Gasteiger partial charge is 0.411 e. The SMILES string of the molecule is CC(C)COC(=O)Nc1cccc(NC(=O)C2CCN(S(=O)(=O)/C=C/c3ccccc3)CC2)c1. The lowest BCUT2D eigenvalue weighted by Crippen LogP contribution is -2.40. The number of nitrogens with zero attached hydrogens (tertiary/aromatic N) is 1. The van der Waals surface area contributed by atoms with Crippen LogP contribution >= 0.6 is 0 Å². The topological polar surface area (TPSA) is 105 Å². The van der Waals surface area contributed by atoms with Crippen LogP contribution in [0.4, 0.5) is 16.2 Å². The van der Waals surface area contributed by atoms with E-state index in [1.165, 1.54) is 9.71 Å². The first kappa shape index (κ1) is 25.5. The number of ether oxygens (including phenoxy) is 1. The van der Waals surface area contributed by atoms with E-state index in [9.17, 15) is 18.0 Å². The van der Waals surface area contributed by atoms with Gasteiger partial charge in [-0.05, 0) is 48.6 Å². The fraction of sp³-hybridized carbons (Fsp3) is 0.360. The molecule has 1 aliphatic rings. The maximum Gasteiger partial charge on any atom is 0.411 e. The Labute approximate surface area is 201 Å². The summed E-state index contributed by atoms with van der Waals surface area (Å²) >= 11 is 0. The molecule has 2 aromatic carbocycles. The third-order valence-corrected chi connectivity index (χ3v) is 6.91. The molecule has 182 valence electrons. The highest BCUT2D eigenvalue weighted by atomic mass is 32.2. The van der Waals surface area contributed by atoms with Crippen molar-refractivity contribution in [2.24, 2.45) is 11.8 Å². The first-order chi connectivity index (χ1) is 16.2. The molecule has 8 nitrogen and oxygen atoms in total. The number of carbonyl (C=O) groups is 2. The number of sulfonamides is 1. The number of hydrogen-bond donors (Lipinski definition) is 2. The van der Waals surface area contributed by atoms with E-state index in [1.807, 2.05) is 44.2 Å². The van der Waals surface area contributed by atoms with Crippen molar-refractivity contribution in [2.45, 2.75) is 26.7 Å². The standard InChI is InChI=1S/C25H31N3O5S/c1-19(2)18-33-25(30)27-23-10-6-9-22(17-23)26-24(29)21-11-14-28(15-12-21)34(31,32)16-13-20-7-4-3-5-8-20/h3-10,13,16-17,19,21H,11-12,14-15,18H2,1-2H3,(H,26,29)(H,27,30)/b16-13+. The molecule has 0 aliphatic carbocycles. The lowest BCUT2D eigenvalue weighted by molar-refractivity contribution is -0.120. The summed E-state index contributed by atoms with van der Waals surface area (Å²) in [6.07, 6.45) is 1.90. The van der Waals surface area contributed by atoms with Crippen LogP contribution in [-0.2, 0) is 19.6 Å². The van der Waals surface area contributed by atoms with Crippen LogP contribution in [0, 0.1) is 11.8 Å². The molecule has 34 heavy (non-hydrogen) atoms. The van der Waals surface area contributed by atoms with Gasteiger partial charge in [-0.2, -0.15) is 4.31 Å². The molecule has 1 aliphatic heterocycles. The number of anilines is 2. The van der Waals surface area contributed by atoms with Crippen molar-refractivity contribution in [3.8, 4) is 0 Å². The predicted octanol–water partition coefficient (Wildman–Crippen LogP) is 4.54. The van der Waals surface area contributed by atoms with Crippen molar-refractivity contribution in [1.82, 2.24) is 4.31 Å². The Balaban J connectivity index is 1.51. The molecule has 1 heterocycles. The van der Waals surface area contributed by atoms with Crippen LogP contribution in [0.1, 0.15) is 32.3 Å². The number of carbonyl (C=O) groups excluding carboxylic acids is 2. The Morgan fingerprint density at radius 3 is 2.32 bits per heavy atom. The third kappa shape index (κ3) is 7.71. The van der Waals surface area contributed by atoms with E-state index < -0.39 is 16.1 Å². The summed E-state index contributed by atoms with van der Waals surface area (Å²) in [5.74, 6) is -0.230. The largest absolute Gasteiger partial charge is 0.449 e. The summed E-state index contributed by atoms with van der Waals surface area (Å²) in [5.41, 5.74) is 1.87. The van der Waals surface area contributed by atoms with Gasteiger partial charge in [0.25, 0.3) is 0 Å². The summed E-state index contributed by atoms with van der Waals surface area (Å²) in [5, 5.41) is 6.72. The van der Waals surface area contributed by atoms with Crippen molar-refractivity contribution in [2.75, 3.05) is 30.3 Å². The van der Waals surface area contributed by atoms with E-state index in [2.05, 4.69) is 10.6 Å². The van der Waals surface area contributed by atoms with Gasteiger partial charge in [0.1, 0.15) is 0 Å². The molecule has 0 radical (unpaired) electrons. The molecule has 9 heteroatoms. The molecular weight excluding hydrogens is 454 g/mol. The van der Waals surface area contributed by atoms with Crippen LogP contribution in [0.3, 0.4) is 0 Å². The average molecular weight is 486 g/mol. The van der Waals surface area contributed by atoms with E-state index in [0.717, 1.165) is 5.56 Å². The van der Waals surface area contributed by atoms with Crippen LogP contribution < -0.4 is 10.6 Å². The van der Waals surface area contributed by atoms with E-state index in [0.29, 0.717) is 30.8 Å². The van der Waals surface area contributed by atoms with Crippen LogP contribution in [0.15, 0.2) is 60.0 Å². The first-order valence-electron chi connectivity index (χ1n) is 11.3. The average Bonchev–Trinajstić information content (AvgIpc) is 2.82. The zero-order chi connectivity index (χ0) is 24.6. The molecule has 0 aromatic heterocycles. The second-order valence-corrected chi connectivity index (χ2v) is 10.4. The molecule has 2 amide bonds. The van der Waals surface area contributed by atoms with Crippen molar-refractivity contribution in [3.05, 3.63) is 65.6 Å². The molecule has 0 saturated carbocycles. The fourth-order valence-electron chi connectivity index (χ4n) is 3.50. The summed E-state index contributed by atoms with van der Waals surface area (Å²) in [6, 6.07) is 16.1. The summed E-state index contributed by atoms with van der Waals surface area (Å²) in [6.45, 7) is 4.78. The molecular formula is C25H31N3O5S. The van der Waals surface area contributed by atoms with Gasteiger partial charge in [0.15, 0.2) is 0 Å². The first-order valence-corrected chi connectivity index (χ1v) is 12.8. The molecule has 2 aromatic rings. The van der Waals surface area contributed by atoms with Gasteiger partial charge in [0, 0.05) is 35.8 Å². The minimum absolute atomic E-state index is 0.170. The Morgan fingerprint density at radius 2 is 1.68 bits per heavy atom. The molecule has 1 saturated heterocycles. The van der Waals surface area contributed by atoms with Crippen LogP contribution in [0.5, 0.6) is 0 Å². The predicted molar refractivity (Wildman–Crippen MR) is 134 cm³/mol. The monoisotopic (exact) mass is 485 g/mol. The zero-order valence-electron chi connectivity index (χ0n) is 19.4. The van der Waals surface area contributed by atoms with E-state index in [-0.39, 0.29) is 30.8 Å². The Bertz CT molecular complexity index is 1110. The Morgan fingerprint density at radius 1 is 1.03 bits per heavy atom. The van der Waals surface area contributed by atoms with Gasteiger partial charge in [-0.15, -0.1) is 0 Å². The van der Waals surface area contributed by atoms with Gasteiger partial charge in [-0.1, -0.05) is 50.2 Å². The number of amides is 2. The quantitative estimate of drug-likeness (QED) is 0.571. The highest BCUT2D eigenvalue weighted by Crippen LogP contribution is 2.23. The maximum absolute atomic E-state index is 12.7. The Hall–Kier alpha value is -3.17. The highest BCUT2D eigenvalue weighted by molar-refractivity contribution is 7.92. The fourth-order valence-corrected chi connectivity index (χ4v) is 4.72. The minimum Gasteiger partial charge on any atom is -0.449 e. The normalized spacial score (nSPS) is 15.4. The lowest BCUT2D eigenvalue weighted by Gasteiger charge is -2.29. The van der Waals surface area contributed by atoms with Crippen molar-refractivity contribution >= 4 is 39.5 Å². The third-order valence-electron chi connectivity index (χ3n) is 5.34. The van der Waals surface area contributed by atoms with E-state index in [4.69, 9.17) is 4.74 Å². The number of nitrogens with one attached hydrogen (secondary N) is 2. The molecule has 3 rings (SSSR count). The van der Waals surface area contributed by atoms with Crippen molar-refractivity contribution in [3.63, 3.8) is 0 Å². The highest BCUT2D eigenvalue weighted by Gasteiger charge is 2.30. The summed E-state index contributed by atoms with van der Waals surface area (Å²) in [4.78, 5) is 24.6. The van der Waals surface area contributed by atoms with Crippen LogP contribution in [-0.4, -0.2) is 44.4 Å². The molecule has 0 spiro atoms. The number of piperidine rings is 1. The van der Waals surface area contributed by atoms with Gasteiger partial charge in [-0.3, -0.25) is 10.1 Å². The van der Waals surface area contributed by atoms with E-state index >= 15 is 0 Å². The second-order valence-electron chi connectivity index (χ2n) is 8.62. The van der Waals surface area contributed by atoms with Gasteiger partial charge >= 0.3 is 6.09 Å². The Kier molecular flexibility index (Phi) is 8.84. The second kappa shape index (κ2) is 11.8. The molecule has 1 fully saturated rings. The molecule has 0 atom stereocenters. The van der Waals surface area contributed by atoms with Gasteiger partial charge in [0.05, 0.1) is 6.61 Å². The van der Waals surface area contributed by atoms with Crippen molar-refractivity contribution in [1.29, 1.82) is 0 Å². The van der Waals surface area contributed by atoms with Crippen LogP contribution in [0.25, 0.3) is 6.08 Å². The molecule has 0 unspecified atom stereocenters. The van der Waals surface area contributed by atoms with Crippen LogP contribution in [0.2, 0.25) is 0 Å². The lowest BCUT2D eigenvalue weighted by atomic mass is 9.97. The number of hydrogen-bond acceptors (Lipinski definition) is 5. The molecule has 0 bridgehead atoms. The van der Waals surface area contributed by atoms with Gasteiger partial charge < -0.3 is 10.1 Å². The minimum atomic E-state index is -3.55.